The molecule has 1 heterocycles. The molecule has 3 N–H and O–H groups in total. The molecule has 0 bridgehead atoms. The van der Waals surface area contributed by atoms with E-state index < -0.39 is 5.97 Å². The smallest absolute Gasteiger partial charge is 0.305 e. The van der Waals surface area contributed by atoms with Gasteiger partial charge in [0.05, 0.1) is 18.3 Å². The van der Waals surface area contributed by atoms with Crippen molar-refractivity contribution in [3.63, 3.8) is 0 Å². The first-order valence-electron chi connectivity index (χ1n) is 4.65. The number of nitrogens with zero attached hydrogens (tertiary/aromatic N) is 2. The second kappa shape index (κ2) is 4.63. The van der Waals surface area contributed by atoms with Crippen molar-refractivity contribution in [3.8, 4) is 0 Å². The Hall–Kier alpha value is -1.78. The van der Waals surface area contributed by atoms with E-state index in [-0.39, 0.29) is 6.42 Å². The summed E-state index contributed by atoms with van der Waals surface area (Å²) in [5.41, 5.74) is 7.43. The average Bonchev–Trinajstić information content (AvgIpc) is 2.14. The molecule has 82 valence electrons. The first kappa shape index (κ1) is 11.3. The number of carboxylic acids is 1. The Balaban J connectivity index is 2.73. The van der Waals surface area contributed by atoms with Gasteiger partial charge < -0.3 is 15.7 Å². The molecular formula is C10H15N3O2. The van der Waals surface area contributed by atoms with Gasteiger partial charge in [-0.3, -0.25) is 4.79 Å². The van der Waals surface area contributed by atoms with Gasteiger partial charge in [-0.2, -0.15) is 0 Å². The molecule has 0 saturated heterocycles. The number of aliphatic carboxylic acids is 1. The minimum Gasteiger partial charge on any atom is -0.481 e. The summed E-state index contributed by atoms with van der Waals surface area (Å²) in [6.07, 6.45) is 1.77. The van der Waals surface area contributed by atoms with Gasteiger partial charge in [0, 0.05) is 13.6 Å². The number of carbonyl (C=O) groups is 1. The average molecular weight is 209 g/mol. The predicted octanol–water partition coefficient (Wildman–Crippen LogP) is 0.883. The van der Waals surface area contributed by atoms with E-state index in [1.54, 1.807) is 12.3 Å². The maximum Gasteiger partial charge on any atom is 0.305 e. The minimum atomic E-state index is -0.803. The Bertz CT molecular complexity index is 366. The van der Waals surface area contributed by atoms with Crippen molar-refractivity contribution >= 4 is 17.5 Å². The monoisotopic (exact) mass is 209 g/mol. The number of pyridine rings is 1. The van der Waals surface area contributed by atoms with Crippen LogP contribution < -0.4 is 10.6 Å². The van der Waals surface area contributed by atoms with Crippen molar-refractivity contribution in [2.45, 2.75) is 13.3 Å². The molecule has 1 aromatic rings. The lowest BCUT2D eigenvalue weighted by Crippen LogP contribution is -2.22. The van der Waals surface area contributed by atoms with Gasteiger partial charge in [0.25, 0.3) is 0 Å². The van der Waals surface area contributed by atoms with Crippen molar-refractivity contribution in [3.05, 3.63) is 17.8 Å². The molecule has 0 amide bonds. The molecule has 0 saturated carbocycles. The minimum absolute atomic E-state index is 0.111. The Morgan fingerprint density at radius 1 is 1.67 bits per heavy atom. The van der Waals surface area contributed by atoms with E-state index in [0.717, 1.165) is 11.3 Å². The van der Waals surface area contributed by atoms with Crippen LogP contribution in [0, 0.1) is 6.92 Å². The highest BCUT2D eigenvalue weighted by Gasteiger charge is 2.07. The topological polar surface area (TPSA) is 79.5 Å². The number of aromatic nitrogens is 1. The largest absolute Gasteiger partial charge is 0.481 e. The van der Waals surface area contributed by atoms with Crippen LogP contribution >= 0.6 is 0 Å². The van der Waals surface area contributed by atoms with Crippen molar-refractivity contribution < 1.29 is 9.90 Å². The number of rotatable bonds is 4. The van der Waals surface area contributed by atoms with Gasteiger partial charge >= 0.3 is 5.97 Å². The van der Waals surface area contributed by atoms with Gasteiger partial charge in [0.2, 0.25) is 0 Å². The Morgan fingerprint density at radius 2 is 2.33 bits per heavy atom. The molecule has 5 nitrogen and oxygen atoms in total. The molecule has 0 radical (unpaired) electrons. The normalized spacial score (nSPS) is 10.0. The van der Waals surface area contributed by atoms with E-state index in [2.05, 4.69) is 4.98 Å². The molecule has 0 aliphatic rings. The first-order valence-corrected chi connectivity index (χ1v) is 4.65. The van der Waals surface area contributed by atoms with Crippen LogP contribution in [-0.2, 0) is 4.79 Å². The third-order valence-corrected chi connectivity index (χ3v) is 2.18. The van der Waals surface area contributed by atoms with Crippen molar-refractivity contribution in [1.82, 2.24) is 4.98 Å². The maximum absolute atomic E-state index is 10.4. The van der Waals surface area contributed by atoms with Gasteiger partial charge in [0.15, 0.2) is 0 Å². The molecule has 0 fully saturated rings. The van der Waals surface area contributed by atoms with Gasteiger partial charge in [0.1, 0.15) is 5.82 Å². The van der Waals surface area contributed by atoms with Crippen molar-refractivity contribution in [1.29, 1.82) is 0 Å². The number of aryl methyl sites for hydroxylation is 1. The van der Waals surface area contributed by atoms with Crippen LogP contribution in [0.5, 0.6) is 0 Å². The Labute approximate surface area is 88.5 Å². The summed E-state index contributed by atoms with van der Waals surface area (Å²) in [4.78, 5) is 16.2. The summed E-state index contributed by atoms with van der Waals surface area (Å²) in [6, 6.07) is 1.77. The fourth-order valence-electron chi connectivity index (χ4n) is 1.35. The number of hydrogen-bond acceptors (Lipinski definition) is 4. The van der Waals surface area contributed by atoms with Gasteiger partial charge in [-0.15, -0.1) is 0 Å². The lowest BCUT2D eigenvalue weighted by atomic mass is 10.2. The Kier molecular flexibility index (Phi) is 3.49. The lowest BCUT2D eigenvalue weighted by Gasteiger charge is -2.20. The SMILES string of the molecule is Cc1cc(N)ncc1N(C)CCC(=O)O. The summed E-state index contributed by atoms with van der Waals surface area (Å²) in [6.45, 7) is 2.38. The highest BCUT2D eigenvalue weighted by molar-refractivity contribution is 5.68. The maximum atomic E-state index is 10.4. The van der Waals surface area contributed by atoms with Crippen LogP contribution in [0.1, 0.15) is 12.0 Å². The highest BCUT2D eigenvalue weighted by atomic mass is 16.4. The van der Waals surface area contributed by atoms with E-state index >= 15 is 0 Å². The highest BCUT2D eigenvalue weighted by Crippen LogP contribution is 2.18. The molecular weight excluding hydrogens is 194 g/mol. The quantitative estimate of drug-likeness (QED) is 0.769. The second-order valence-corrected chi connectivity index (χ2v) is 3.46. The molecule has 0 unspecified atom stereocenters. The zero-order valence-electron chi connectivity index (χ0n) is 8.90. The molecule has 1 rings (SSSR count). The van der Waals surface area contributed by atoms with Gasteiger partial charge in [-0.25, -0.2) is 4.98 Å². The number of hydrogen-bond donors (Lipinski definition) is 2. The predicted molar refractivity (Wildman–Crippen MR) is 58.9 cm³/mol. The second-order valence-electron chi connectivity index (χ2n) is 3.46. The third-order valence-electron chi connectivity index (χ3n) is 2.18. The molecule has 15 heavy (non-hydrogen) atoms. The van der Waals surface area contributed by atoms with E-state index in [0.29, 0.717) is 12.4 Å². The fraction of sp³-hybridized carbons (Fsp3) is 0.400. The van der Waals surface area contributed by atoms with Crippen molar-refractivity contribution in [2.24, 2.45) is 0 Å². The van der Waals surface area contributed by atoms with E-state index in [4.69, 9.17) is 10.8 Å². The fourth-order valence-corrected chi connectivity index (χ4v) is 1.35. The first-order chi connectivity index (χ1) is 7.00. The number of nitrogen functional groups attached to an aromatic ring is 1. The molecule has 0 aliphatic carbocycles. The van der Waals surface area contributed by atoms with Crippen LogP contribution in [0.3, 0.4) is 0 Å². The summed E-state index contributed by atoms with van der Waals surface area (Å²) in [7, 11) is 1.84. The van der Waals surface area contributed by atoms with Gasteiger partial charge in [-0.1, -0.05) is 0 Å². The molecule has 5 heteroatoms. The zero-order valence-corrected chi connectivity index (χ0v) is 8.90. The summed E-state index contributed by atoms with van der Waals surface area (Å²) in [5.74, 6) is -0.328. The lowest BCUT2D eigenvalue weighted by molar-refractivity contribution is -0.136. The Morgan fingerprint density at radius 3 is 2.87 bits per heavy atom. The molecule has 0 spiro atoms. The van der Waals surface area contributed by atoms with Crippen LogP contribution in [-0.4, -0.2) is 29.7 Å². The van der Waals surface area contributed by atoms with Crippen LogP contribution in [0.25, 0.3) is 0 Å². The molecule has 0 aliphatic heterocycles. The molecule has 1 aromatic heterocycles. The molecule has 0 aromatic carbocycles. The zero-order chi connectivity index (χ0) is 11.4. The van der Waals surface area contributed by atoms with Crippen LogP contribution in [0.15, 0.2) is 12.3 Å². The van der Waals surface area contributed by atoms with E-state index in [1.165, 1.54) is 0 Å². The number of anilines is 2. The standard InChI is InChI=1S/C10H15N3O2/c1-7-5-9(11)12-6-8(7)13(2)4-3-10(14)15/h5-6H,3-4H2,1-2H3,(H2,11,12)(H,14,15). The van der Waals surface area contributed by atoms with E-state index in [1.807, 2.05) is 18.9 Å². The van der Waals surface area contributed by atoms with Crippen LogP contribution in [0.4, 0.5) is 11.5 Å². The summed E-state index contributed by atoms with van der Waals surface area (Å²) >= 11 is 0. The summed E-state index contributed by atoms with van der Waals surface area (Å²) < 4.78 is 0. The van der Waals surface area contributed by atoms with E-state index in [9.17, 15) is 4.79 Å². The van der Waals surface area contributed by atoms with Gasteiger partial charge in [-0.05, 0) is 18.6 Å². The molecule has 0 atom stereocenters. The number of carboxylic acid groups (broad SMARTS) is 1. The third kappa shape index (κ3) is 3.12. The summed E-state index contributed by atoms with van der Waals surface area (Å²) in [5, 5.41) is 8.56. The van der Waals surface area contributed by atoms with Crippen LogP contribution in [0.2, 0.25) is 0 Å². The number of nitrogens with two attached hydrogens (primary N) is 1. The van der Waals surface area contributed by atoms with Crippen molar-refractivity contribution in [2.75, 3.05) is 24.2 Å².